The highest BCUT2D eigenvalue weighted by atomic mass is 32.2. The monoisotopic (exact) mass is 327 g/mol. The van der Waals surface area contributed by atoms with Crippen molar-refractivity contribution in [1.29, 1.82) is 0 Å². The van der Waals surface area contributed by atoms with E-state index < -0.39 is 0 Å². The predicted octanol–water partition coefficient (Wildman–Crippen LogP) is 3.35. The average Bonchev–Trinajstić information content (AvgIpc) is 2.96. The van der Waals surface area contributed by atoms with Gasteiger partial charge in [-0.15, -0.1) is 0 Å². The van der Waals surface area contributed by atoms with Gasteiger partial charge in [0.25, 0.3) is 5.56 Å². The number of hydrogen-bond donors (Lipinski definition) is 2. The molecule has 0 amide bonds. The molecule has 2 aromatic heterocycles. The Morgan fingerprint density at radius 1 is 1.30 bits per heavy atom. The van der Waals surface area contributed by atoms with Crippen LogP contribution in [0, 0.1) is 0 Å². The Morgan fingerprint density at radius 3 is 2.87 bits per heavy atom. The van der Waals surface area contributed by atoms with Crippen molar-refractivity contribution in [1.82, 2.24) is 15.0 Å². The molecule has 0 bridgehead atoms. The first-order valence-corrected chi connectivity index (χ1v) is 8.36. The predicted molar refractivity (Wildman–Crippen MR) is 92.3 cm³/mol. The highest BCUT2D eigenvalue weighted by molar-refractivity contribution is 7.99. The van der Waals surface area contributed by atoms with Gasteiger partial charge in [-0.25, -0.2) is 4.98 Å². The highest BCUT2D eigenvalue weighted by Crippen LogP contribution is 2.21. The normalized spacial score (nSPS) is 11.3. The lowest BCUT2D eigenvalue weighted by molar-refractivity contribution is 0.102. The maximum absolute atomic E-state index is 12.4. The van der Waals surface area contributed by atoms with Crippen LogP contribution in [0.15, 0.2) is 46.5 Å². The maximum atomic E-state index is 12.4. The fourth-order valence-corrected chi connectivity index (χ4v) is 3.10. The third kappa shape index (κ3) is 3.37. The van der Waals surface area contributed by atoms with Gasteiger partial charge in [0.1, 0.15) is 0 Å². The third-order valence-electron chi connectivity index (χ3n) is 3.56. The van der Waals surface area contributed by atoms with Gasteiger partial charge in [0, 0.05) is 28.7 Å². The highest BCUT2D eigenvalue weighted by Gasteiger charge is 2.13. The molecule has 6 heteroatoms. The van der Waals surface area contributed by atoms with Crippen LogP contribution in [-0.2, 0) is 0 Å². The summed E-state index contributed by atoms with van der Waals surface area (Å²) in [6.07, 6.45) is 1.73. The SMILES string of the molecule is CC(C)c1cc(=O)[nH]c(SCC(=O)c2c[nH]c3ccccc23)n1. The van der Waals surface area contributed by atoms with Crippen LogP contribution in [-0.4, -0.2) is 26.5 Å². The van der Waals surface area contributed by atoms with Crippen LogP contribution in [0.3, 0.4) is 0 Å². The number of carbonyl (C=O) groups is 1. The first-order chi connectivity index (χ1) is 11.0. The molecule has 2 heterocycles. The Labute approximate surface area is 137 Å². The molecule has 5 nitrogen and oxygen atoms in total. The van der Waals surface area contributed by atoms with E-state index in [2.05, 4.69) is 15.0 Å². The van der Waals surface area contributed by atoms with Crippen LogP contribution < -0.4 is 5.56 Å². The molecule has 0 fully saturated rings. The lowest BCUT2D eigenvalue weighted by Crippen LogP contribution is -2.12. The Kier molecular flexibility index (Phi) is 4.34. The van der Waals surface area contributed by atoms with Crippen LogP contribution in [0.2, 0.25) is 0 Å². The summed E-state index contributed by atoms with van der Waals surface area (Å²) in [6, 6.07) is 9.18. The summed E-state index contributed by atoms with van der Waals surface area (Å²) >= 11 is 1.25. The van der Waals surface area contributed by atoms with Gasteiger partial charge in [0.15, 0.2) is 10.9 Å². The summed E-state index contributed by atoms with van der Waals surface area (Å²) in [4.78, 5) is 34.3. The van der Waals surface area contributed by atoms with Crippen molar-refractivity contribution >= 4 is 28.4 Å². The molecule has 3 aromatic rings. The van der Waals surface area contributed by atoms with E-state index in [1.807, 2.05) is 38.1 Å². The van der Waals surface area contributed by atoms with Crippen molar-refractivity contribution < 1.29 is 4.79 Å². The second-order valence-electron chi connectivity index (χ2n) is 5.59. The molecular formula is C17H17N3O2S. The number of carbonyl (C=O) groups excluding carboxylic acids is 1. The number of ketones is 1. The number of fused-ring (bicyclic) bond motifs is 1. The zero-order chi connectivity index (χ0) is 16.4. The van der Waals surface area contributed by atoms with E-state index in [0.29, 0.717) is 10.7 Å². The van der Waals surface area contributed by atoms with E-state index in [4.69, 9.17) is 0 Å². The number of benzene rings is 1. The van der Waals surface area contributed by atoms with E-state index in [1.165, 1.54) is 17.8 Å². The number of aromatic nitrogens is 3. The van der Waals surface area contributed by atoms with Crippen LogP contribution in [0.5, 0.6) is 0 Å². The molecule has 1 aromatic carbocycles. The fraction of sp³-hybridized carbons (Fsp3) is 0.235. The van der Waals surface area contributed by atoms with Gasteiger partial charge in [-0.1, -0.05) is 43.8 Å². The molecule has 0 aliphatic heterocycles. The molecule has 0 aliphatic rings. The topological polar surface area (TPSA) is 78.6 Å². The van der Waals surface area contributed by atoms with E-state index in [1.54, 1.807) is 6.20 Å². The molecule has 0 unspecified atom stereocenters. The fourth-order valence-electron chi connectivity index (χ4n) is 2.33. The van der Waals surface area contributed by atoms with Crippen molar-refractivity contribution in [2.24, 2.45) is 0 Å². The Hall–Kier alpha value is -2.34. The van der Waals surface area contributed by atoms with Crippen molar-refractivity contribution in [2.75, 3.05) is 5.75 Å². The quantitative estimate of drug-likeness (QED) is 0.428. The number of rotatable bonds is 5. The summed E-state index contributed by atoms with van der Waals surface area (Å²) in [5.74, 6) is 0.401. The molecule has 2 N–H and O–H groups in total. The number of hydrogen-bond acceptors (Lipinski definition) is 4. The molecule has 0 radical (unpaired) electrons. The Balaban J connectivity index is 1.78. The molecular weight excluding hydrogens is 310 g/mol. The summed E-state index contributed by atoms with van der Waals surface area (Å²) in [7, 11) is 0. The minimum Gasteiger partial charge on any atom is -0.360 e. The van der Waals surface area contributed by atoms with E-state index in [-0.39, 0.29) is 23.0 Å². The zero-order valence-corrected chi connectivity index (χ0v) is 13.7. The standard InChI is InChI=1S/C17H17N3O2S/c1-10(2)14-7-16(22)20-17(19-14)23-9-15(21)12-8-18-13-6-4-3-5-11(12)13/h3-8,10,18H,9H2,1-2H3,(H,19,20,22). The molecule has 0 spiro atoms. The summed E-state index contributed by atoms with van der Waals surface area (Å²) < 4.78 is 0. The van der Waals surface area contributed by atoms with Gasteiger partial charge >= 0.3 is 0 Å². The first kappa shape index (κ1) is 15.6. The minimum absolute atomic E-state index is 0.00467. The maximum Gasteiger partial charge on any atom is 0.251 e. The van der Waals surface area contributed by atoms with E-state index >= 15 is 0 Å². The molecule has 3 rings (SSSR count). The van der Waals surface area contributed by atoms with Gasteiger partial charge in [-0.2, -0.15) is 0 Å². The molecule has 0 atom stereocenters. The lowest BCUT2D eigenvalue weighted by atomic mass is 10.1. The van der Waals surface area contributed by atoms with Gasteiger partial charge in [-0.05, 0) is 12.0 Å². The van der Waals surface area contributed by atoms with Crippen LogP contribution in [0.1, 0.15) is 35.8 Å². The molecule has 0 saturated heterocycles. The minimum atomic E-state index is -0.189. The largest absolute Gasteiger partial charge is 0.360 e. The number of H-pyrrole nitrogens is 2. The smallest absolute Gasteiger partial charge is 0.251 e. The van der Waals surface area contributed by atoms with Gasteiger partial charge in [-0.3, -0.25) is 9.59 Å². The summed E-state index contributed by atoms with van der Waals surface area (Å²) in [6.45, 7) is 3.96. The van der Waals surface area contributed by atoms with Gasteiger partial charge < -0.3 is 9.97 Å². The first-order valence-electron chi connectivity index (χ1n) is 7.38. The van der Waals surface area contributed by atoms with Crippen molar-refractivity contribution in [3.8, 4) is 0 Å². The van der Waals surface area contributed by atoms with Crippen molar-refractivity contribution in [3.63, 3.8) is 0 Å². The average molecular weight is 327 g/mol. The van der Waals surface area contributed by atoms with E-state index in [0.717, 1.165) is 16.6 Å². The number of aromatic amines is 2. The van der Waals surface area contributed by atoms with Gasteiger partial charge in [0.2, 0.25) is 0 Å². The molecule has 0 saturated carbocycles. The van der Waals surface area contributed by atoms with Crippen LogP contribution in [0.25, 0.3) is 10.9 Å². The second kappa shape index (κ2) is 6.42. The van der Waals surface area contributed by atoms with Crippen molar-refractivity contribution in [3.05, 3.63) is 58.1 Å². The number of nitrogens with zero attached hydrogens (tertiary/aromatic N) is 1. The Morgan fingerprint density at radius 2 is 2.09 bits per heavy atom. The number of nitrogens with one attached hydrogen (secondary N) is 2. The van der Waals surface area contributed by atoms with Crippen LogP contribution in [0.4, 0.5) is 0 Å². The number of thioether (sulfide) groups is 1. The summed E-state index contributed by atoms with van der Waals surface area (Å²) in [5.41, 5.74) is 2.14. The Bertz CT molecular complexity index is 911. The second-order valence-corrected chi connectivity index (χ2v) is 6.55. The van der Waals surface area contributed by atoms with Gasteiger partial charge in [0.05, 0.1) is 11.4 Å². The van der Waals surface area contributed by atoms with Crippen LogP contribution >= 0.6 is 11.8 Å². The number of para-hydroxylation sites is 1. The number of Topliss-reactive ketones (excluding diaryl/α,β-unsaturated/α-hetero) is 1. The molecule has 118 valence electrons. The molecule has 0 aliphatic carbocycles. The molecule has 23 heavy (non-hydrogen) atoms. The van der Waals surface area contributed by atoms with Crippen molar-refractivity contribution in [2.45, 2.75) is 24.9 Å². The lowest BCUT2D eigenvalue weighted by Gasteiger charge is -2.06. The van der Waals surface area contributed by atoms with E-state index in [9.17, 15) is 9.59 Å². The zero-order valence-electron chi connectivity index (χ0n) is 12.9. The third-order valence-corrected chi connectivity index (χ3v) is 4.43. The summed E-state index contributed by atoms with van der Waals surface area (Å²) in [5, 5.41) is 1.39.